The summed E-state index contributed by atoms with van der Waals surface area (Å²) in [5, 5.41) is 12.4. The van der Waals surface area contributed by atoms with Crippen molar-refractivity contribution in [1.29, 1.82) is 5.26 Å². The third-order valence-corrected chi connectivity index (χ3v) is 2.19. The van der Waals surface area contributed by atoms with Gasteiger partial charge in [0.2, 0.25) is 5.89 Å². The van der Waals surface area contributed by atoms with E-state index in [1.54, 1.807) is 0 Å². The third kappa shape index (κ3) is 1.75. The van der Waals surface area contributed by atoms with Gasteiger partial charge >= 0.3 is 0 Å². The highest BCUT2D eigenvalue weighted by Gasteiger charge is 2.43. The lowest BCUT2D eigenvalue weighted by atomic mass is 10.3. The van der Waals surface area contributed by atoms with Gasteiger partial charge in [-0.15, -0.1) is 0 Å². The number of nitriles is 1. The van der Waals surface area contributed by atoms with E-state index in [9.17, 15) is 0 Å². The lowest BCUT2D eigenvalue weighted by Crippen LogP contribution is -1.94. The summed E-state index contributed by atoms with van der Waals surface area (Å²) in [6.07, 6.45) is 0.840. The van der Waals surface area contributed by atoms with Crippen molar-refractivity contribution in [1.82, 2.24) is 10.1 Å². The fraction of sp³-hybridized carbons (Fsp3) is 0.667. The average Bonchev–Trinajstić information content (AvgIpc) is 2.86. The Bertz CT molecular complexity index is 355. The molecular formula is C9H11N3O2. The van der Waals surface area contributed by atoms with Crippen LogP contribution in [-0.4, -0.2) is 16.7 Å². The molecular weight excluding hydrogens is 182 g/mol. The predicted octanol–water partition coefficient (Wildman–Crippen LogP) is 1.23. The maximum Gasteiger partial charge on any atom is 0.231 e. The molecule has 0 N–H and O–H groups in total. The molecule has 0 radical (unpaired) electrons. The van der Waals surface area contributed by atoms with Crippen molar-refractivity contribution >= 4 is 0 Å². The van der Waals surface area contributed by atoms with Crippen LogP contribution in [0.3, 0.4) is 0 Å². The summed E-state index contributed by atoms with van der Waals surface area (Å²) >= 11 is 0. The van der Waals surface area contributed by atoms with E-state index in [1.165, 1.54) is 0 Å². The third-order valence-electron chi connectivity index (χ3n) is 2.19. The van der Waals surface area contributed by atoms with Crippen molar-refractivity contribution in [2.75, 3.05) is 6.61 Å². The van der Waals surface area contributed by atoms with Gasteiger partial charge in [0.05, 0.1) is 17.9 Å². The smallest absolute Gasteiger partial charge is 0.231 e. The Morgan fingerprint density at radius 3 is 3.21 bits per heavy atom. The molecule has 1 aliphatic rings. The van der Waals surface area contributed by atoms with Crippen LogP contribution in [0.15, 0.2) is 4.52 Å². The summed E-state index contributed by atoms with van der Waals surface area (Å²) in [4.78, 5) is 4.15. The van der Waals surface area contributed by atoms with Crippen LogP contribution in [0, 0.1) is 17.2 Å². The van der Waals surface area contributed by atoms with Gasteiger partial charge in [0.1, 0.15) is 6.61 Å². The highest BCUT2D eigenvalue weighted by Crippen LogP contribution is 2.45. The van der Waals surface area contributed by atoms with E-state index in [2.05, 4.69) is 16.2 Å². The molecule has 1 fully saturated rings. The van der Waals surface area contributed by atoms with Gasteiger partial charge in [-0.25, -0.2) is 0 Å². The predicted molar refractivity (Wildman–Crippen MR) is 46.1 cm³/mol. The van der Waals surface area contributed by atoms with Crippen LogP contribution in [0.25, 0.3) is 0 Å². The van der Waals surface area contributed by atoms with E-state index in [1.807, 2.05) is 6.92 Å². The van der Waals surface area contributed by atoms with Crippen molar-refractivity contribution in [3.8, 4) is 6.07 Å². The van der Waals surface area contributed by atoms with Crippen molar-refractivity contribution in [3.05, 3.63) is 11.7 Å². The fourth-order valence-electron chi connectivity index (χ4n) is 1.28. The Labute approximate surface area is 81.7 Å². The molecule has 2 atom stereocenters. The van der Waals surface area contributed by atoms with Crippen LogP contribution < -0.4 is 0 Å². The lowest BCUT2D eigenvalue weighted by Gasteiger charge is -1.91. The molecule has 0 amide bonds. The molecule has 0 saturated heterocycles. The van der Waals surface area contributed by atoms with Crippen molar-refractivity contribution in [2.45, 2.75) is 25.9 Å². The number of rotatable bonds is 4. The summed E-state index contributed by atoms with van der Waals surface area (Å²) in [6, 6.07) is 2.18. The van der Waals surface area contributed by atoms with Gasteiger partial charge < -0.3 is 9.26 Å². The second-order valence-corrected chi connectivity index (χ2v) is 3.26. The fourth-order valence-corrected chi connectivity index (χ4v) is 1.28. The number of hydrogen-bond acceptors (Lipinski definition) is 5. The van der Waals surface area contributed by atoms with Crippen LogP contribution in [0.2, 0.25) is 0 Å². The number of aromatic nitrogens is 2. The van der Waals surface area contributed by atoms with E-state index in [0.717, 1.165) is 6.42 Å². The van der Waals surface area contributed by atoms with E-state index < -0.39 is 0 Å². The molecule has 0 spiro atoms. The first-order chi connectivity index (χ1) is 6.85. The van der Waals surface area contributed by atoms with Gasteiger partial charge in [0.15, 0.2) is 5.82 Å². The number of ether oxygens (including phenoxy) is 1. The minimum absolute atomic E-state index is 0.0652. The Morgan fingerprint density at radius 2 is 2.57 bits per heavy atom. The normalized spacial score (nSPS) is 24.6. The van der Waals surface area contributed by atoms with Crippen LogP contribution in [-0.2, 0) is 11.3 Å². The summed E-state index contributed by atoms with van der Waals surface area (Å²) in [7, 11) is 0. The molecule has 1 saturated carbocycles. The first-order valence-corrected chi connectivity index (χ1v) is 4.65. The topological polar surface area (TPSA) is 71.9 Å². The van der Waals surface area contributed by atoms with Gasteiger partial charge in [-0.1, -0.05) is 5.16 Å². The summed E-state index contributed by atoms with van der Waals surface area (Å²) in [5.74, 6) is 1.36. The van der Waals surface area contributed by atoms with Gasteiger partial charge in [-0.3, -0.25) is 0 Å². The zero-order valence-corrected chi connectivity index (χ0v) is 7.93. The number of hydrogen-bond donors (Lipinski definition) is 0. The second-order valence-electron chi connectivity index (χ2n) is 3.26. The van der Waals surface area contributed by atoms with E-state index in [0.29, 0.717) is 24.9 Å². The molecule has 1 aliphatic carbocycles. The quantitative estimate of drug-likeness (QED) is 0.719. The molecule has 5 heteroatoms. The molecule has 2 unspecified atom stereocenters. The first kappa shape index (κ1) is 9.16. The Kier molecular flexibility index (Phi) is 2.46. The van der Waals surface area contributed by atoms with Gasteiger partial charge in [-0.2, -0.15) is 10.2 Å². The molecule has 0 aliphatic heterocycles. The van der Waals surface area contributed by atoms with Gasteiger partial charge in [0.25, 0.3) is 0 Å². The highest BCUT2D eigenvalue weighted by molar-refractivity contribution is 5.15. The molecule has 0 bridgehead atoms. The average molecular weight is 193 g/mol. The molecule has 5 nitrogen and oxygen atoms in total. The van der Waals surface area contributed by atoms with Crippen molar-refractivity contribution in [2.24, 2.45) is 5.92 Å². The zero-order chi connectivity index (χ0) is 9.97. The standard InChI is InChI=1S/C9H11N3O2/c1-2-13-5-8-11-9(14-12-8)7-3-6(7)4-10/h6-7H,2-3,5H2,1H3. The lowest BCUT2D eigenvalue weighted by molar-refractivity contribution is 0.126. The Balaban J connectivity index is 1.94. The van der Waals surface area contributed by atoms with Gasteiger partial charge in [-0.05, 0) is 13.3 Å². The second kappa shape index (κ2) is 3.76. The molecule has 1 heterocycles. The largest absolute Gasteiger partial charge is 0.374 e. The van der Waals surface area contributed by atoms with Crippen molar-refractivity contribution < 1.29 is 9.26 Å². The maximum absolute atomic E-state index is 8.62. The van der Waals surface area contributed by atoms with Crippen LogP contribution >= 0.6 is 0 Å². The van der Waals surface area contributed by atoms with Crippen LogP contribution in [0.4, 0.5) is 0 Å². The summed E-state index contributed by atoms with van der Waals surface area (Å²) in [6.45, 7) is 2.92. The molecule has 1 aromatic rings. The SMILES string of the molecule is CCOCc1noc(C2CC2C#N)n1. The minimum atomic E-state index is 0.0652. The van der Waals surface area contributed by atoms with Crippen LogP contribution in [0.5, 0.6) is 0 Å². The Morgan fingerprint density at radius 1 is 1.71 bits per heavy atom. The first-order valence-electron chi connectivity index (χ1n) is 4.65. The van der Waals surface area contributed by atoms with E-state index >= 15 is 0 Å². The summed E-state index contributed by atoms with van der Waals surface area (Å²) in [5.41, 5.74) is 0. The zero-order valence-electron chi connectivity index (χ0n) is 7.93. The maximum atomic E-state index is 8.62. The molecule has 2 rings (SSSR count). The minimum Gasteiger partial charge on any atom is -0.374 e. The number of nitrogens with zero attached hydrogens (tertiary/aromatic N) is 3. The summed E-state index contributed by atoms with van der Waals surface area (Å²) < 4.78 is 10.2. The van der Waals surface area contributed by atoms with Crippen LogP contribution in [0.1, 0.15) is 31.0 Å². The van der Waals surface area contributed by atoms with E-state index in [-0.39, 0.29) is 11.8 Å². The highest BCUT2D eigenvalue weighted by atomic mass is 16.5. The molecule has 0 aromatic carbocycles. The van der Waals surface area contributed by atoms with Crippen molar-refractivity contribution in [3.63, 3.8) is 0 Å². The molecule has 74 valence electrons. The van der Waals surface area contributed by atoms with E-state index in [4.69, 9.17) is 14.5 Å². The Hall–Kier alpha value is -1.41. The monoisotopic (exact) mass is 193 g/mol. The van der Waals surface area contributed by atoms with Gasteiger partial charge in [0, 0.05) is 6.61 Å². The molecule has 14 heavy (non-hydrogen) atoms. The molecule has 1 aromatic heterocycles.